The number of nitrogens with one attached hydrogen (secondary N) is 1. The van der Waals surface area contributed by atoms with Crippen molar-refractivity contribution in [3.63, 3.8) is 0 Å². The van der Waals surface area contributed by atoms with E-state index in [2.05, 4.69) is 35.0 Å². The normalized spacial score (nSPS) is 18.5. The monoisotopic (exact) mass is 263 g/mol. The summed E-state index contributed by atoms with van der Waals surface area (Å²) in [6, 6.07) is 8.90. The molecule has 1 aromatic heterocycles. The van der Waals surface area contributed by atoms with E-state index in [1.54, 1.807) is 11.3 Å². The van der Waals surface area contributed by atoms with Gasteiger partial charge < -0.3 is 14.8 Å². The van der Waals surface area contributed by atoms with Gasteiger partial charge in [0.2, 0.25) is 0 Å². The first-order valence-electron chi connectivity index (χ1n) is 6.25. The molecule has 96 valence electrons. The average Bonchev–Trinajstić information content (AvgIpc) is 3.06. The highest BCUT2D eigenvalue weighted by atomic mass is 32.1. The molecule has 3 nitrogen and oxygen atoms in total. The third kappa shape index (κ3) is 2.29. The molecule has 4 heteroatoms. The minimum Gasteiger partial charge on any atom is -0.350 e. The van der Waals surface area contributed by atoms with E-state index in [-0.39, 0.29) is 12.3 Å². The lowest BCUT2D eigenvalue weighted by Crippen LogP contribution is -2.23. The Bertz CT molecular complexity index is 519. The molecule has 1 atom stereocenters. The molecule has 1 aliphatic rings. The molecule has 0 aliphatic carbocycles. The smallest absolute Gasteiger partial charge is 0.159 e. The van der Waals surface area contributed by atoms with Crippen LogP contribution in [-0.4, -0.2) is 26.6 Å². The zero-order valence-electron chi connectivity index (χ0n) is 10.4. The molecule has 1 N–H and O–H groups in total. The Kier molecular flexibility index (Phi) is 3.61. The van der Waals surface area contributed by atoms with Crippen LogP contribution in [0.25, 0.3) is 10.1 Å². The third-order valence-corrected chi connectivity index (χ3v) is 4.33. The van der Waals surface area contributed by atoms with Gasteiger partial charge in [0.25, 0.3) is 0 Å². The molecule has 0 spiro atoms. The minimum absolute atomic E-state index is 0.0716. The van der Waals surface area contributed by atoms with Crippen LogP contribution >= 0.6 is 11.3 Å². The fraction of sp³-hybridized carbons (Fsp3) is 0.429. The SMILES string of the molecule is CNC(CC1OCCO1)c1cccc2ccsc12. The van der Waals surface area contributed by atoms with Crippen molar-refractivity contribution < 1.29 is 9.47 Å². The fourth-order valence-corrected chi connectivity index (χ4v) is 3.40. The van der Waals surface area contributed by atoms with E-state index in [9.17, 15) is 0 Å². The van der Waals surface area contributed by atoms with Gasteiger partial charge in [-0.25, -0.2) is 0 Å². The van der Waals surface area contributed by atoms with Crippen molar-refractivity contribution in [2.75, 3.05) is 20.3 Å². The number of thiophene rings is 1. The zero-order chi connectivity index (χ0) is 12.4. The summed E-state index contributed by atoms with van der Waals surface area (Å²) in [4.78, 5) is 0. The van der Waals surface area contributed by atoms with Crippen LogP contribution in [0.1, 0.15) is 18.0 Å². The van der Waals surface area contributed by atoms with E-state index < -0.39 is 0 Å². The quantitative estimate of drug-likeness (QED) is 0.920. The van der Waals surface area contributed by atoms with Gasteiger partial charge in [0.05, 0.1) is 13.2 Å². The summed E-state index contributed by atoms with van der Waals surface area (Å²) in [5.41, 5.74) is 1.34. The summed E-state index contributed by atoms with van der Waals surface area (Å²) in [5.74, 6) is 0. The molecule has 1 aliphatic heterocycles. The number of hydrogen-bond donors (Lipinski definition) is 1. The lowest BCUT2D eigenvalue weighted by atomic mass is 10.0. The molecule has 0 bridgehead atoms. The Balaban J connectivity index is 1.87. The van der Waals surface area contributed by atoms with Gasteiger partial charge in [0.15, 0.2) is 6.29 Å². The van der Waals surface area contributed by atoms with Crippen LogP contribution in [0.5, 0.6) is 0 Å². The van der Waals surface area contributed by atoms with E-state index in [0.717, 1.165) is 6.42 Å². The van der Waals surface area contributed by atoms with Gasteiger partial charge in [-0.15, -0.1) is 11.3 Å². The highest BCUT2D eigenvalue weighted by Gasteiger charge is 2.22. The number of fused-ring (bicyclic) bond motifs is 1. The summed E-state index contributed by atoms with van der Waals surface area (Å²) in [6.45, 7) is 1.43. The Morgan fingerprint density at radius 1 is 1.33 bits per heavy atom. The summed E-state index contributed by atoms with van der Waals surface area (Å²) in [7, 11) is 1.99. The molecular formula is C14H17NO2S. The van der Waals surface area contributed by atoms with Crippen molar-refractivity contribution in [2.45, 2.75) is 18.8 Å². The molecule has 1 unspecified atom stereocenters. The van der Waals surface area contributed by atoms with Gasteiger partial charge in [0.1, 0.15) is 0 Å². The van der Waals surface area contributed by atoms with Crippen molar-refractivity contribution in [2.24, 2.45) is 0 Å². The highest BCUT2D eigenvalue weighted by Crippen LogP contribution is 2.31. The maximum Gasteiger partial charge on any atom is 0.159 e. The second-order valence-electron chi connectivity index (χ2n) is 4.43. The molecule has 2 heterocycles. The van der Waals surface area contributed by atoms with Gasteiger partial charge in [0, 0.05) is 17.2 Å². The standard InChI is InChI=1S/C14H17NO2S/c1-15-12(9-13-16-6-7-17-13)11-4-2-3-10-5-8-18-14(10)11/h2-5,8,12-13,15H,6-7,9H2,1H3. The summed E-state index contributed by atoms with van der Waals surface area (Å²) < 4.78 is 12.4. The van der Waals surface area contributed by atoms with Gasteiger partial charge in [-0.1, -0.05) is 18.2 Å². The highest BCUT2D eigenvalue weighted by molar-refractivity contribution is 7.17. The first-order valence-corrected chi connectivity index (χ1v) is 7.13. The van der Waals surface area contributed by atoms with Crippen LogP contribution in [0, 0.1) is 0 Å². The molecule has 1 saturated heterocycles. The maximum atomic E-state index is 5.54. The molecular weight excluding hydrogens is 246 g/mol. The molecule has 0 saturated carbocycles. The van der Waals surface area contributed by atoms with Gasteiger partial charge in [-0.3, -0.25) is 0 Å². The number of benzene rings is 1. The molecule has 18 heavy (non-hydrogen) atoms. The van der Waals surface area contributed by atoms with Gasteiger partial charge in [-0.05, 0) is 29.4 Å². The minimum atomic E-state index is -0.0716. The van der Waals surface area contributed by atoms with Crippen LogP contribution in [0.15, 0.2) is 29.6 Å². The summed E-state index contributed by atoms with van der Waals surface area (Å²) in [5, 5.41) is 6.83. The average molecular weight is 263 g/mol. The van der Waals surface area contributed by atoms with Crippen LogP contribution in [0.2, 0.25) is 0 Å². The molecule has 3 rings (SSSR count). The van der Waals surface area contributed by atoms with Crippen LogP contribution < -0.4 is 5.32 Å². The van der Waals surface area contributed by atoms with E-state index in [4.69, 9.17) is 9.47 Å². The van der Waals surface area contributed by atoms with E-state index in [0.29, 0.717) is 13.2 Å². The van der Waals surface area contributed by atoms with Crippen molar-refractivity contribution >= 4 is 21.4 Å². The first-order chi connectivity index (χ1) is 8.88. The van der Waals surface area contributed by atoms with Crippen molar-refractivity contribution in [3.05, 3.63) is 35.2 Å². The van der Waals surface area contributed by atoms with Crippen molar-refractivity contribution in [1.29, 1.82) is 0 Å². The van der Waals surface area contributed by atoms with Gasteiger partial charge in [-0.2, -0.15) is 0 Å². The number of ether oxygens (including phenoxy) is 2. The summed E-state index contributed by atoms with van der Waals surface area (Å²) in [6.07, 6.45) is 0.783. The summed E-state index contributed by atoms with van der Waals surface area (Å²) >= 11 is 1.79. The fourth-order valence-electron chi connectivity index (χ4n) is 2.43. The predicted octanol–water partition coefficient (Wildman–Crippen LogP) is 2.92. The number of hydrogen-bond acceptors (Lipinski definition) is 4. The molecule has 1 fully saturated rings. The second kappa shape index (κ2) is 5.36. The molecule has 0 amide bonds. The Hall–Kier alpha value is -0.940. The predicted molar refractivity (Wildman–Crippen MR) is 73.9 cm³/mol. The molecule has 0 radical (unpaired) electrons. The van der Waals surface area contributed by atoms with Crippen LogP contribution in [-0.2, 0) is 9.47 Å². The van der Waals surface area contributed by atoms with Crippen molar-refractivity contribution in [3.8, 4) is 0 Å². The zero-order valence-corrected chi connectivity index (χ0v) is 11.2. The lowest BCUT2D eigenvalue weighted by molar-refractivity contribution is -0.0525. The molecule has 1 aromatic carbocycles. The van der Waals surface area contributed by atoms with E-state index in [1.165, 1.54) is 15.6 Å². The van der Waals surface area contributed by atoms with Crippen molar-refractivity contribution in [1.82, 2.24) is 5.32 Å². The first kappa shape index (κ1) is 12.1. The lowest BCUT2D eigenvalue weighted by Gasteiger charge is -2.20. The van der Waals surface area contributed by atoms with Gasteiger partial charge >= 0.3 is 0 Å². The molecule has 2 aromatic rings. The topological polar surface area (TPSA) is 30.5 Å². The Labute approximate surface area is 111 Å². The number of rotatable bonds is 4. The largest absolute Gasteiger partial charge is 0.350 e. The van der Waals surface area contributed by atoms with E-state index in [1.807, 2.05) is 7.05 Å². The van der Waals surface area contributed by atoms with Crippen LogP contribution in [0.3, 0.4) is 0 Å². The second-order valence-corrected chi connectivity index (χ2v) is 5.35. The Morgan fingerprint density at radius 3 is 2.94 bits per heavy atom. The van der Waals surface area contributed by atoms with E-state index >= 15 is 0 Å². The Morgan fingerprint density at radius 2 is 2.17 bits per heavy atom. The van der Waals surface area contributed by atoms with Crippen LogP contribution in [0.4, 0.5) is 0 Å². The maximum absolute atomic E-state index is 5.54. The third-order valence-electron chi connectivity index (χ3n) is 3.35.